The smallest absolute Gasteiger partial charge is 0.251 e. The predicted octanol–water partition coefficient (Wildman–Crippen LogP) is 3.18. The Morgan fingerprint density at radius 2 is 2.05 bits per heavy atom. The third-order valence-corrected chi connectivity index (χ3v) is 4.14. The first-order valence-corrected chi connectivity index (χ1v) is 8.17. The van der Waals surface area contributed by atoms with Gasteiger partial charge >= 0.3 is 0 Å². The molecule has 0 radical (unpaired) electrons. The zero-order valence-corrected chi connectivity index (χ0v) is 13.9. The third kappa shape index (κ3) is 3.63. The number of halogens is 1. The minimum absolute atomic E-state index is 0.170. The third-order valence-electron chi connectivity index (χ3n) is 2.75. The van der Waals surface area contributed by atoms with E-state index in [-0.39, 0.29) is 5.56 Å². The molecular weight excluding hydrogens is 368 g/mol. The molecule has 0 aliphatic heterocycles. The van der Waals surface area contributed by atoms with E-state index in [1.165, 1.54) is 17.8 Å². The standard InChI is InChI=1S/C14H11BrN4O2S/c1-8-6-11(20)17-14(16-8)22-7-12-18-13(19-21-12)9-2-4-10(15)5-3-9/h2-6H,7H2,1H3,(H,16,17,20). The molecule has 0 unspecified atom stereocenters. The number of hydrogen-bond donors (Lipinski definition) is 1. The molecule has 0 aliphatic carbocycles. The van der Waals surface area contributed by atoms with Gasteiger partial charge in [0.05, 0.1) is 5.75 Å². The Labute approximate surface area is 138 Å². The van der Waals surface area contributed by atoms with Crippen molar-refractivity contribution in [3.8, 4) is 11.4 Å². The molecule has 8 heteroatoms. The summed E-state index contributed by atoms with van der Waals surface area (Å²) in [7, 11) is 0. The molecule has 3 rings (SSSR count). The van der Waals surface area contributed by atoms with Gasteiger partial charge in [-0.25, -0.2) is 4.98 Å². The number of H-pyrrole nitrogens is 1. The van der Waals surface area contributed by atoms with Crippen LogP contribution in [0.1, 0.15) is 11.6 Å². The minimum Gasteiger partial charge on any atom is -0.338 e. The van der Waals surface area contributed by atoms with Crippen molar-refractivity contribution in [3.63, 3.8) is 0 Å². The molecule has 1 aromatic carbocycles. The number of aromatic nitrogens is 4. The lowest BCUT2D eigenvalue weighted by Crippen LogP contribution is -2.08. The highest BCUT2D eigenvalue weighted by Crippen LogP contribution is 2.22. The van der Waals surface area contributed by atoms with Crippen LogP contribution in [0.25, 0.3) is 11.4 Å². The van der Waals surface area contributed by atoms with Crippen LogP contribution in [0.15, 0.2) is 49.3 Å². The van der Waals surface area contributed by atoms with Gasteiger partial charge in [-0.3, -0.25) is 4.79 Å². The van der Waals surface area contributed by atoms with E-state index in [1.807, 2.05) is 24.3 Å². The van der Waals surface area contributed by atoms with Crippen LogP contribution >= 0.6 is 27.7 Å². The summed E-state index contributed by atoms with van der Waals surface area (Å²) in [6.07, 6.45) is 0. The van der Waals surface area contributed by atoms with Crippen LogP contribution in [-0.4, -0.2) is 20.1 Å². The number of nitrogens with zero attached hydrogens (tertiary/aromatic N) is 3. The van der Waals surface area contributed by atoms with Gasteiger partial charge in [0, 0.05) is 21.8 Å². The van der Waals surface area contributed by atoms with Crippen LogP contribution in [0.3, 0.4) is 0 Å². The summed E-state index contributed by atoms with van der Waals surface area (Å²) < 4.78 is 6.21. The Morgan fingerprint density at radius 3 is 2.77 bits per heavy atom. The molecule has 2 heterocycles. The highest BCUT2D eigenvalue weighted by molar-refractivity contribution is 9.10. The van der Waals surface area contributed by atoms with Crippen LogP contribution in [0.5, 0.6) is 0 Å². The van der Waals surface area contributed by atoms with Gasteiger partial charge in [0.2, 0.25) is 11.7 Å². The quantitative estimate of drug-likeness (QED) is 0.554. The Hall–Kier alpha value is -1.93. The molecule has 6 nitrogen and oxygen atoms in total. The van der Waals surface area contributed by atoms with Gasteiger partial charge in [-0.15, -0.1) is 0 Å². The van der Waals surface area contributed by atoms with Crippen molar-refractivity contribution in [3.05, 3.63) is 56.7 Å². The summed E-state index contributed by atoms with van der Waals surface area (Å²) in [6.45, 7) is 1.78. The zero-order chi connectivity index (χ0) is 15.5. The topological polar surface area (TPSA) is 84.7 Å². The van der Waals surface area contributed by atoms with Gasteiger partial charge in [-0.05, 0) is 31.2 Å². The average molecular weight is 379 g/mol. The number of aromatic amines is 1. The number of nitrogens with one attached hydrogen (secondary N) is 1. The van der Waals surface area contributed by atoms with Crippen molar-refractivity contribution in [2.45, 2.75) is 17.8 Å². The molecular formula is C14H11BrN4O2S. The van der Waals surface area contributed by atoms with Gasteiger partial charge in [0.15, 0.2) is 5.16 Å². The molecule has 0 amide bonds. The fourth-order valence-electron chi connectivity index (χ4n) is 1.78. The molecule has 0 saturated heterocycles. The number of hydrogen-bond acceptors (Lipinski definition) is 6. The van der Waals surface area contributed by atoms with E-state index in [0.717, 1.165) is 10.0 Å². The maximum Gasteiger partial charge on any atom is 0.251 e. The number of aryl methyl sites for hydroxylation is 1. The lowest BCUT2D eigenvalue weighted by atomic mass is 10.2. The summed E-state index contributed by atoms with van der Waals surface area (Å²) >= 11 is 4.72. The molecule has 0 aliphatic rings. The molecule has 1 N–H and O–H groups in total. The van der Waals surface area contributed by atoms with E-state index in [2.05, 4.69) is 36.0 Å². The maximum absolute atomic E-state index is 11.4. The summed E-state index contributed by atoms with van der Waals surface area (Å²) in [5.41, 5.74) is 1.38. The largest absolute Gasteiger partial charge is 0.338 e. The van der Waals surface area contributed by atoms with Crippen molar-refractivity contribution in [1.82, 2.24) is 20.1 Å². The summed E-state index contributed by atoms with van der Waals surface area (Å²) in [5.74, 6) is 1.46. The molecule has 0 atom stereocenters. The van der Waals surface area contributed by atoms with Crippen molar-refractivity contribution in [1.29, 1.82) is 0 Å². The Kier molecular flexibility index (Phi) is 4.39. The summed E-state index contributed by atoms with van der Waals surface area (Å²) in [4.78, 5) is 22.6. The van der Waals surface area contributed by atoms with Crippen molar-refractivity contribution < 1.29 is 4.52 Å². The average Bonchev–Trinajstić information content (AvgIpc) is 2.94. The lowest BCUT2D eigenvalue weighted by molar-refractivity contribution is 0.391. The van der Waals surface area contributed by atoms with Crippen LogP contribution in [0.2, 0.25) is 0 Å². The summed E-state index contributed by atoms with van der Waals surface area (Å²) in [5, 5.41) is 4.49. The second kappa shape index (κ2) is 6.45. The van der Waals surface area contributed by atoms with Crippen molar-refractivity contribution in [2.75, 3.05) is 0 Å². The SMILES string of the molecule is Cc1cc(=O)[nH]c(SCc2nc(-c3ccc(Br)cc3)no2)n1. The number of rotatable bonds is 4. The van der Waals surface area contributed by atoms with E-state index in [0.29, 0.717) is 28.3 Å². The molecule has 112 valence electrons. The van der Waals surface area contributed by atoms with Gasteiger partial charge < -0.3 is 9.51 Å². The van der Waals surface area contributed by atoms with E-state index < -0.39 is 0 Å². The van der Waals surface area contributed by atoms with E-state index in [4.69, 9.17) is 4.52 Å². The molecule has 0 fully saturated rings. The van der Waals surface area contributed by atoms with Crippen molar-refractivity contribution in [2.24, 2.45) is 0 Å². The second-order valence-electron chi connectivity index (χ2n) is 4.50. The van der Waals surface area contributed by atoms with Crippen LogP contribution < -0.4 is 5.56 Å². The first-order valence-electron chi connectivity index (χ1n) is 6.39. The fraction of sp³-hybridized carbons (Fsp3) is 0.143. The molecule has 0 spiro atoms. The molecule has 22 heavy (non-hydrogen) atoms. The minimum atomic E-state index is -0.170. The highest BCUT2D eigenvalue weighted by Gasteiger charge is 2.10. The van der Waals surface area contributed by atoms with Gasteiger partial charge in [0.25, 0.3) is 5.56 Å². The predicted molar refractivity (Wildman–Crippen MR) is 86.6 cm³/mol. The van der Waals surface area contributed by atoms with Crippen LogP contribution in [0, 0.1) is 6.92 Å². The van der Waals surface area contributed by atoms with Gasteiger partial charge in [-0.1, -0.05) is 32.8 Å². The van der Waals surface area contributed by atoms with Gasteiger partial charge in [0.1, 0.15) is 0 Å². The fourth-order valence-corrected chi connectivity index (χ4v) is 2.80. The first kappa shape index (κ1) is 15.0. The Bertz CT molecular complexity index is 845. The molecule has 0 bridgehead atoms. The Balaban J connectivity index is 1.71. The molecule has 2 aromatic heterocycles. The van der Waals surface area contributed by atoms with Crippen LogP contribution in [-0.2, 0) is 5.75 Å². The van der Waals surface area contributed by atoms with Crippen molar-refractivity contribution >= 4 is 27.7 Å². The monoisotopic (exact) mass is 378 g/mol. The van der Waals surface area contributed by atoms with Crippen LogP contribution in [0.4, 0.5) is 0 Å². The zero-order valence-electron chi connectivity index (χ0n) is 11.5. The highest BCUT2D eigenvalue weighted by atomic mass is 79.9. The Morgan fingerprint density at radius 1 is 1.27 bits per heavy atom. The van der Waals surface area contributed by atoms with Gasteiger partial charge in [-0.2, -0.15) is 4.98 Å². The molecule has 3 aromatic rings. The number of benzene rings is 1. The first-order chi connectivity index (χ1) is 10.6. The number of thioether (sulfide) groups is 1. The summed E-state index contributed by atoms with van der Waals surface area (Å²) in [6, 6.07) is 9.10. The van der Waals surface area contributed by atoms with E-state index >= 15 is 0 Å². The second-order valence-corrected chi connectivity index (χ2v) is 6.38. The normalized spacial score (nSPS) is 10.8. The molecule has 0 saturated carbocycles. The van der Waals surface area contributed by atoms with E-state index in [1.54, 1.807) is 6.92 Å². The lowest BCUT2D eigenvalue weighted by Gasteiger charge is -1.98. The van der Waals surface area contributed by atoms with E-state index in [9.17, 15) is 4.79 Å². The maximum atomic E-state index is 11.4.